The lowest BCUT2D eigenvalue weighted by Crippen LogP contribution is -1.99. The fourth-order valence-corrected chi connectivity index (χ4v) is 1.27. The van der Waals surface area contributed by atoms with Crippen LogP contribution in [0, 0.1) is 6.92 Å². The summed E-state index contributed by atoms with van der Waals surface area (Å²) in [6.45, 7) is 2.13. The van der Waals surface area contributed by atoms with Crippen LogP contribution in [-0.2, 0) is 0 Å². The number of aryl methyl sites for hydroxylation is 1. The molecular weight excluding hydrogens is 103 g/mol. The summed E-state index contributed by atoms with van der Waals surface area (Å²) in [6.07, 6.45) is 0. The van der Waals surface area contributed by atoms with Gasteiger partial charge in [-0.3, -0.25) is 0 Å². The molecule has 0 unspecified atom stereocenters. The van der Waals surface area contributed by atoms with Crippen LogP contribution in [0.4, 0.5) is 0 Å². The third-order valence-corrected chi connectivity index (χ3v) is 2.09. The second-order valence-electron chi connectivity index (χ2n) is 1.74. The zero-order chi connectivity index (χ0) is 5.28. The third-order valence-electron chi connectivity index (χ3n) is 1.11. The van der Waals surface area contributed by atoms with E-state index in [4.69, 9.17) is 0 Å². The molecule has 0 N–H and O–H groups in total. The van der Waals surface area contributed by atoms with E-state index in [-0.39, 0.29) is 0 Å². The van der Waals surface area contributed by atoms with E-state index in [1.165, 1.54) is 11.0 Å². The lowest BCUT2D eigenvalue weighted by atomic mass is 9.97. The minimum Gasteiger partial charge on any atom is -0.153 e. The molecule has 7 heavy (non-hydrogen) atoms. The molecule has 0 nitrogen and oxygen atoms in total. The Kier molecular flexibility index (Phi) is 1.20. The van der Waals surface area contributed by atoms with Crippen molar-refractivity contribution in [2.24, 2.45) is 0 Å². The van der Waals surface area contributed by atoms with Crippen LogP contribution < -0.4 is 5.46 Å². The minimum absolute atomic E-state index is 1.41. The van der Waals surface area contributed by atoms with E-state index in [1.54, 1.807) is 11.3 Å². The average molecular weight is 110 g/mol. The van der Waals surface area contributed by atoms with Crippen LogP contribution in [0.2, 0.25) is 0 Å². The van der Waals surface area contributed by atoms with E-state index in [9.17, 15) is 0 Å². The van der Waals surface area contributed by atoms with Crippen LogP contribution in [0.5, 0.6) is 0 Å². The summed E-state index contributed by atoms with van der Waals surface area (Å²) in [5.74, 6) is 0. The maximum atomic E-state index is 2.16. The first-order valence-corrected chi connectivity index (χ1v) is 3.24. The predicted molar refractivity (Wildman–Crippen MR) is 37.2 cm³/mol. The van der Waals surface area contributed by atoms with Crippen molar-refractivity contribution in [3.63, 3.8) is 0 Å². The lowest BCUT2D eigenvalue weighted by Gasteiger charge is -1.79. The Morgan fingerprint density at radius 1 is 1.57 bits per heavy atom. The zero-order valence-electron chi connectivity index (χ0n) is 4.56. The normalized spacial score (nSPS) is 9.29. The van der Waals surface area contributed by atoms with E-state index >= 15 is 0 Å². The number of hydrogen-bond acceptors (Lipinski definition) is 1. The van der Waals surface area contributed by atoms with Crippen molar-refractivity contribution in [1.29, 1.82) is 0 Å². The summed E-state index contributed by atoms with van der Waals surface area (Å²) in [7, 11) is 2.13. The summed E-state index contributed by atoms with van der Waals surface area (Å²) in [4.78, 5) is 0. The van der Waals surface area contributed by atoms with E-state index in [1.807, 2.05) is 0 Å². The van der Waals surface area contributed by atoms with Gasteiger partial charge in [0.1, 0.15) is 7.85 Å². The largest absolute Gasteiger partial charge is 0.153 e. The highest BCUT2D eigenvalue weighted by molar-refractivity contribution is 7.09. The van der Waals surface area contributed by atoms with Gasteiger partial charge in [0.2, 0.25) is 0 Å². The van der Waals surface area contributed by atoms with E-state index in [0.717, 1.165) is 0 Å². The summed E-state index contributed by atoms with van der Waals surface area (Å²) < 4.78 is 0. The molecule has 1 aromatic heterocycles. The molecule has 36 valence electrons. The summed E-state index contributed by atoms with van der Waals surface area (Å²) >= 11 is 1.77. The Balaban J connectivity index is 3.12. The minimum atomic E-state index is 1.41. The zero-order valence-corrected chi connectivity index (χ0v) is 5.38. The second-order valence-corrected chi connectivity index (χ2v) is 2.48. The molecule has 2 heteroatoms. The molecule has 0 saturated carbocycles. The van der Waals surface area contributed by atoms with E-state index < -0.39 is 0 Å². The molecule has 0 aromatic carbocycles. The molecule has 0 bridgehead atoms. The molecule has 1 rings (SSSR count). The van der Waals surface area contributed by atoms with Gasteiger partial charge in [-0.1, -0.05) is 5.46 Å². The smallest absolute Gasteiger partial charge is 0.140 e. The van der Waals surface area contributed by atoms with Gasteiger partial charge in [0.25, 0.3) is 0 Å². The average Bonchev–Trinajstić information content (AvgIpc) is 1.91. The standard InChI is InChI=1S/C5H7BS/c1-4-2-7-3-5(4)6/h2-3H,6H2,1H3. The maximum absolute atomic E-state index is 2.16. The Morgan fingerprint density at radius 2 is 2.29 bits per heavy atom. The predicted octanol–water partition coefficient (Wildman–Crippen LogP) is 0.315. The van der Waals surface area contributed by atoms with Gasteiger partial charge in [0, 0.05) is 0 Å². The van der Waals surface area contributed by atoms with Gasteiger partial charge in [-0.05, 0) is 23.2 Å². The SMILES string of the molecule is Bc1cscc1C. The molecule has 0 atom stereocenters. The first-order chi connectivity index (χ1) is 3.30. The Hall–Kier alpha value is -0.235. The summed E-state index contributed by atoms with van der Waals surface area (Å²) in [6, 6.07) is 0. The van der Waals surface area contributed by atoms with E-state index in [2.05, 4.69) is 25.5 Å². The molecule has 0 fully saturated rings. The van der Waals surface area contributed by atoms with Crippen molar-refractivity contribution in [2.75, 3.05) is 0 Å². The maximum Gasteiger partial charge on any atom is 0.140 e. The van der Waals surface area contributed by atoms with Gasteiger partial charge in [-0.25, -0.2) is 0 Å². The van der Waals surface area contributed by atoms with Crippen molar-refractivity contribution >= 4 is 24.6 Å². The highest BCUT2D eigenvalue weighted by atomic mass is 32.1. The third kappa shape index (κ3) is 0.857. The number of hydrogen-bond donors (Lipinski definition) is 0. The molecule has 0 spiro atoms. The fourth-order valence-electron chi connectivity index (χ4n) is 0.424. The van der Waals surface area contributed by atoms with Crippen molar-refractivity contribution in [3.8, 4) is 0 Å². The van der Waals surface area contributed by atoms with Crippen molar-refractivity contribution in [1.82, 2.24) is 0 Å². The highest BCUT2D eigenvalue weighted by Gasteiger charge is 1.86. The van der Waals surface area contributed by atoms with Crippen LogP contribution in [0.25, 0.3) is 0 Å². The van der Waals surface area contributed by atoms with Crippen LogP contribution >= 0.6 is 11.3 Å². The molecule has 0 aliphatic heterocycles. The van der Waals surface area contributed by atoms with Gasteiger partial charge >= 0.3 is 0 Å². The monoisotopic (exact) mass is 110 g/mol. The van der Waals surface area contributed by atoms with Gasteiger partial charge in [-0.2, -0.15) is 11.3 Å². The molecule has 0 aliphatic carbocycles. The molecule has 0 amide bonds. The molecule has 0 radical (unpaired) electrons. The van der Waals surface area contributed by atoms with Crippen LogP contribution in [0.15, 0.2) is 10.8 Å². The molecular formula is C5H7BS. The van der Waals surface area contributed by atoms with Crippen LogP contribution in [-0.4, -0.2) is 7.85 Å². The van der Waals surface area contributed by atoms with Crippen LogP contribution in [0.3, 0.4) is 0 Å². The lowest BCUT2D eigenvalue weighted by molar-refractivity contribution is 1.60. The topological polar surface area (TPSA) is 0 Å². The van der Waals surface area contributed by atoms with Gasteiger partial charge in [0.05, 0.1) is 0 Å². The van der Waals surface area contributed by atoms with Gasteiger partial charge in [0.15, 0.2) is 0 Å². The molecule has 0 saturated heterocycles. The van der Waals surface area contributed by atoms with Crippen LogP contribution in [0.1, 0.15) is 5.56 Å². The summed E-state index contributed by atoms with van der Waals surface area (Å²) in [5, 5.41) is 4.32. The Morgan fingerprint density at radius 3 is 2.43 bits per heavy atom. The Bertz CT molecular complexity index is 140. The van der Waals surface area contributed by atoms with Crippen molar-refractivity contribution in [3.05, 3.63) is 16.3 Å². The first kappa shape index (κ1) is 4.91. The first-order valence-electron chi connectivity index (χ1n) is 2.30. The fraction of sp³-hybridized carbons (Fsp3) is 0.200. The summed E-state index contributed by atoms with van der Waals surface area (Å²) in [5.41, 5.74) is 2.81. The second kappa shape index (κ2) is 1.70. The Labute approximate surface area is 48.6 Å². The van der Waals surface area contributed by atoms with Gasteiger partial charge < -0.3 is 0 Å². The van der Waals surface area contributed by atoms with Gasteiger partial charge in [-0.15, -0.1) is 0 Å². The van der Waals surface area contributed by atoms with Crippen molar-refractivity contribution in [2.45, 2.75) is 6.92 Å². The number of thiophene rings is 1. The molecule has 0 aliphatic rings. The quantitative estimate of drug-likeness (QED) is 0.422. The van der Waals surface area contributed by atoms with E-state index in [0.29, 0.717) is 0 Å². The van der Waals surface area contributed by atoms with Crippen molar-refractivity contribution < 1.29 is 0 Å². The highest BCUT2D eigenvalue weighted by Crippen LogP contribution is 1.97. The molecule has 1 aromatic rings. The molecule has 1 heterocycles. The number of rotatable bonds is 0.